The SMILES string of the molecule is COc1ccc(CN(Cc2ccc(OC)cc2)c2nc3ccccc3c(NCC(C)(C)O)c2N)cc1.COc1ccc(CN(Cc2ccc(OC)cc2)c2nc3ccccc3c(NCC(C)(C)O)c2[N+](=O)[O-])cc1. The first-order valence-electron chi connectivity index (χ1n) is 24.1. The maximum Gasteiger partial charge on any atom is 0.335 e. The Hall–Kier alpha value is -8.34. The van der Waals surface area contributed by atoms with Crippen LogP contribution in [0.1, 0.15) is 49.9 Å². The molecule has 0 unspecified atom stereocenters. The van der Waals surface area contributed by atoms with E-state index in [1.54, 1.807) is 62.2 Å². The zero-order chi connectivity index (χ0) is 53.0. The Morgan fingerprint density at radius 3 is 1.16 bits per heavy atom. The Labute approximate surface area is 432 Å². The molecule has 0 amide bonds. The molecule has 8 aromatic rings. The van der Waals surface area contributed by atoms with Crippen molar-refractivity contribution in [1.29, 1.82) is 0 Å². The molecule has 6 aromatic carbocycles. The van der Waals surface area contributed by atoms with E-state index < -0.39 is 16.1 Å². The Bertz CT molecular complexity index is 3020. The Morgan fingerprint density at radius 1 is 0.514 bits per heavy atom. The molecule has 0 aliphatic carbocycles. The highest BCUT2D eigenvalue weighted by Gasteiger charge is 2.30. The second kappa shape index (κ2) is 23.9. The predicted octanol–water partition coefficient (Wildman–Crippen LogP) is 10.8. The van der Waals surface area contributed by atoms with E-state index in [1.807, 2.05) is 144 Å². The van der Waals surface area contributed by atoms with Crippen molar-refractivity contribution in [2.45, 2.75) is 65.1 Å². The average molecular weight is 1000 g/mol. The average Bonchev–Trinajstić information content (AvgIpc) is 3.39. The number of hydrogen-bond acceptors (Lipinski definition) is 15. The molecule has 74 heavy (non-hydrogen) atoms. The number of rotatable bonds is 21. The summed E-state index contributed by atoms with van der Waals surface area (Å²) in [4.78, 5) is 26.0. The minimum Gasteiger partial charge on any atom is -0.497 e. The molecule has 2 aromatic heterocycles. The first-order valence-corrected chi connectivity index (χ1v) is 24.1. The molecule has 386 valence electrons. The maximum atomic E-state index is 12.6. The van der Waals surface area contributed by atoms with E-state index in [2.05, 4.69) is 15.5 Å². The van der Waals surface area contributed by atoms with E-state index in [0.29, 0.717) is 60.8 Å². The number of anilines is 5. The van der Waals surface area contributed by atoms with Gasteiger partial charge in [-0.2, -0.15) is 0 Å². The van der Waals surface area contributed by atoms with Gasteiger partial charge in [0.1, 0.15) is 28.7 Å². The standard InChI is InChI=1S/C29H32N4O5.C29H34N4O3/c1-29(2,34)19-30-26-24-7-5-6-8-25(24)31-28(27(26)33(35)36)32(17-20-9-13-22(37-3)14-10-20)18-21-11-15-23(38-4)16-12-21;1-29(2,34)19-31-27-24-7-5-6-8-25(24)32-28(26(27)30)33(17-20-9-13-22(35-3)14-10-20)18-21-11-15-23(36-4)16-12-21/h5-16,34H,17-19H2,1-4H3,(H,30,31);5-16,34H,17-19,30H2,1-4H3,(H,31,32). The largest absolute Gasteiger partial charge is 0.497 e. The summed E-state index contributed by atoms with van der Waals surface area (Å²) < 4.78 is 21.2. The van der Waals surface area contributed by atoms with Gasteiger partial charge in [0.15, 0.2) is 5.82 Å². The van der Waals surface area contributed by atoms with Gasteiger partial charge in [0.2, 0.25) is 5.82 Å². The number of nitrogens with zero attached hydrogens (tertiary/aromatic N) is 5. The third-order valence-electron chi connectivity index (χ3n) is 12.1. The van der Waals surface area contributed by atoms with Gasteiger partial charge in [0.05, 0.1) is 67.0 Å². The highest BCUT2D eigenvalue weighted by Crippen LogP contribution is 2.42. The van der Waals surface area contributed by atoms with Crippen LogP contribution in [0.5, 0.6) is 23.0 Å². The molecular weight excluding hydrogens is 937 g/mol. The van der Waals surface area contributed by atoms with Crippen LogP contribution in [0.4, 0.5) is 34.4 Å². The second-order valence-electron chi connectivity index (χ2n) is 19.1. The fourth-order valence-corrected chi connectivity index (χ4v) is 8.23. The number of ether oxygens (including phenoxy) is 4. The number of fused-ring (bicyclic) bond motifs is 2. The number of nitrogens with two attached hydrogens (primary N) is 1. The predicted molar refractivity (Wildman–Crippen MR) is 296 cm³/mol. The van der Waals surface area contributed by atoms with Crippen molar-refractivity contribution in [2.75, 3.05) is 67.7 Å². The lowest BCUT2D eigenvalue weighted by molar-refractivity contribution is -0.383. The van der Waals surface area contributed by atoms with Crippen molar-refractivity contribution in [3.8, 4) is 23.0 Å². The van der Waals surface area contributed by atoms with E-state index >= 15 is 0 Å². The molecule has 16 nitrogen and oxygen atoms in total. The van der Waals surface area contributed by atoms with Crippen LogP contribution in [0.15, 0.2) is 146 Å². The molecule has 0 spiro atoms. The van der Waals surface area contributed by atoms with Crippen molar-refractivity contribution in [2.24, 2.45) is 0 Å². The number of pyridine rings is 2. The van der Waals surface area contributed by atoms with Crippen LogP contribution in [0.2, 0.25) is 0 Å². The van der Waals surface area contributed by atoms with Crippen LogP contribution in [0.3, 0.4) is 0 Å². The number of nitrogen functional groups attached to an aromatic ring is 1. The van der Waals surface area contributed by atoms with Gasteiger partial charge in [-0.05, 0) is 111 Å². The van der Waals surface area contributed by atoms with Crippen molar-refractivity contribution < 1.29 is 34.1 Å². The summed E-state index contributed by atoms with van der Waals surface area (Å²) in [7, 11) is 6.53. The smallest absolute Gasteiger partial charge is 0.335 e. The fraction of sp³-hybridized carbons (Fsp3) is 0.276. The molecule has 0 bridgehead atoms. The highest BCUT2D eigenvalue weighted by atomic mass is 16.6. The van der Waals surface area contributed by atoms with Crippen molar-refractivity contribution in [1.82, 2.24) is 9.97 Å². The monoisotopic (exact) mass is 1000 g/mol. The normalized spacial score (nSPS) is 11.3. The third kappa shape index (κ3) is 14.0. The van der Waals surface area contributed by atoms with Crippen LogP contribution < -0.4 is 45.1 Å². The van der Waals surface area contributed by atoms with Crippen LogP contribution in [-0.2, 0) is 26.2 Å². The summed E-state index contributed by atoms with van der Waals surface area (Å²) in [5.41, 5.74) is 11.8. The van der Waals surface area contributed by atoms with E-state index in [4.69, 9.17) is 34.6 Å². The number of benzene rings is 6. The first kappa shape index (κ1) is 53.5. The van der Waals surface area contributed by atoms with E-state index in [-0.39, 0.29) is 18.1 Å². The zero-order valence-electron chi connectivity index (χ0n) is 43.3. The van der Waals surface area contributed by atoms with Crippen molar-refractivity contribution >= 4 is 56.2 Å². The quantitative estimate of drug-likeness (QED) is 0.0336. The molecule has 6 N–H and O–H groups in total. The van der Waals surface area contributed by atoms with E-state index in [9.17, 15) is 20.3 Å². The van der Waals surface area contributed by atoms with Gasteiger partial charge in [-0.25, -0.2) is 9.97 Å². The van der Waals surface area contributed by atoms with Crippen LogP contribution in [0, 0.1) is 10.1 Å². The summed E-state index contributed by atoms with van der Waals surface area (Å²) in [6.45, 7) is 9.22. The zero-order valence-corrected chi connectivity index (χ0v) is 43.3. The molecule has 8 rings (SSSR count). The highest BCUT2D eigenvalue weighted by molar-refractivity contribution is 6.02. The van der Waals surface area contributed by atoms with Gasteiger partial charge < -0.3 is 55.3 Å². The van der Waals surface area contributed by atoms with Gasteiger partial charge >= 0.3 is 5.69 Å². The number of para-hydroxylation sites is 2. The lowest BCUT2D eigenvalue weighted by Crippen LogP contribution is -2.30. The number of methoxy groups -OCH3 is 4. The van der Waals surface area contributed by atoms with Gasteiger partial charge in [-0.1, -0.05) is 84.9 Å². The Morgan fingerprint density at radius 2 is 0.824 bits per heavy atom. The molecule has 16 heteroatoms. The first-order chi connectivity index (χ1) is 35.4. The van der Waals surface area contributed by atoms with Crippen molar-refractivity contribution in [3.63, 3.8) is 0 Å². The lowest BCUT2D eigenvalue weighted by Gasteiger charge is -2.28. The third-order valence-corrected chi connectivity index (χ3v) is 12.1. The second-order valence-corrected chi connectivity index (χ2v) is 19.1. The van der Waals surface area contributed by atoms with Gasteiger partial charge in [0, 0.05) is 50.0 Å². The molecule has 0 aliphatic rings. The molecule has 2 heterocycles. The van der Waals surface area contributed by atoms with Crippen LogP contribution in [-0.4, -0.2) is 77.8 Å². The van der Waals surface area contributed by atoms with Gasteiger partial charge in [-0.3, -0.25) is 10.1 Å². The fourth-order valence-electron chi connectivity index (χ4n) is 8.23. The van der Waals surface area contributed by atoms with E-state index in [1.165, 1.54) is 0 Å². The van der Waals surface area contributed by atoms with Crippen LogP contribution in [0.25, 0.3) is 21.8 Å². The van der Waals surface area contributed by atoms with Gasteiger partial charge in [0.25, 0.3) is 0 Å². The minimum absolute atomic E-state index is 0.123. The van der Waals surface area contributed by atoms with Crippen LogP contribution >= 0.6 is 0 Å². The molecule has 0 radical (unpaired) electrons. The number of aliphatic hydroxyl groups is 2. The lowest BCUT2D eigenvalue weighted by atomic mass is 10.1. The summed E-state index contributed by atoms with van der Waals surface area (Å²) in [5, 5.41) is 41.3. The number of aromatic nitrogens is 2. The van der Waals surface area contributed by atoms with E-state index in [0.717, 1.165) is 61.8 Å². The van der Waals surface area contributed by atoms with Crippen molar-refractivity contribution in [3.05, 3.63) is 178 Å². The number of hydrogen-bond donors (Lipinski definition) is 5. The summed E-state index contributed by atoms with van der Waals surface area (Å²) in [5.74, 6) is 3.98. The Kier molecular flexibility index (Phi) is 17.3. The van der Waals surface area contributed by atoms with Gasteiger partial charge in [-0.15, -0.1) is 0 Å². The number of nitrogens with one attached hydrogen (secondary N) is 2. The molecule has 0 saturated heterocycles. The molecule has 0 saturated carbocycles. The summed E-state index contributed by atoms with van der Waals surface area (Å²) in [6.07, 6.45) is 0. The molecule has 0 atom stereocenters. The molecule has 0 aliphatic heterocycles. The number of nitro groups is 1. The summed E-state index contributed by atoms with van der Waals surface area (Å²) in [6, 6.07) is 46.3. The summed E-state index contributed by atoms with van der Waals surface area (Å²) >= 11 is 0. The Balaban J connectivity index is 0.000000217. The minimum atomic E-state index is -1.08. The maximum absolute atomic E-state index is 12.6. The molecule has 0 fully saturated rings. The topological polar surface area (TPSA) is 203 Å². The molecular formula is C58H66N8O8.